The van der Waals surface area contributed by atoms with E-state index in [0.29, 0.717) is 6.54 Å². The standard InChI is InChI=1S/C14H18F2N2O/c1-14(4-6-17-7-5-14)9-18-13(19)10-2-3-11(15)12(16)8-10/h2-3,8,17H,4-7,9H2,1H3,(H,18,19). The van der Waals surface area contributed by atoms with Gasteiger partial charge in [-0.05, 0) is 49.5 Å². The molecule has 1 aliphatic heterocycles. The van der Waals surface area contributed by atoms with Crippen LogP contribution < -0.4 is 10.6 Å². The monoisotopic (exact) mass is 268 g/mol. The molecule has 2 N–H and O–H groups in total. The molecule has 1 saturated heterocycles. The smallest absolute Gasteiger partial charge is 0.251 e. The maximum Gasteiger partial charge on any atom is 0.251 e. The highest BCUT2D eigenvalue weighted by Crippen LogP contribution is 2.26. The second kappa shape index (κ2) is 5.65. The second-order valence-electron chi connectivity index (χ2n) is 5.37. The molecule has 3 nitrogen and oxygen atoms in total. The lowest BCUT2D eigenvalue weighted by Crippen LogP contribution is -2.42. The molecule has 19 heavy (non-hydrogen) atoms. The number of carbonyl (C=O) groups is 1. The number of amides is 1. The molecule has 1 fully saturated rings. The van der Waals surface area contributed by atoms with Crippen LogP contribution in [-0.2, 0) is 0 Å². The molecule has 0 atom stereocenters. The Balaban J connectivity index is 1.95. The van der Waals surface area contributed by atoms with E-state index in [1.54, 1.807) is 0 Å². The molecule has 1 aliphatic rings. The lowest BCUT2D eigenvalue weighted by Gasteiger charge is -2.34. The zero-order valence-corrected chi connectivity index (χ0v) is 10.9. The lowest BCUT2D eigenvalue weighted by molar-refractivity contribution is 0.0921. The predicted octanol–water partition coefficient (Wildman–Crippen LogP) is 2.08. The zero-order chi connectivity index (χ0) is 13.9. The average molecular weight is 268 g/mol. The van der Waals surface area contributed by atoms with Crippen molar-refractivity contribution in [2.24, 2.45) is 5.41 Å². The highest BCUT2D eigenvalue weighted by molar-refractivity contribution is 5.94. The van der Waals surface area contributed by atoms with Gasteiger partial charge in [0, 0.05) is 12.1 Å². The van der Waals surface area contributed by atoms with Crippen molar-refractivity contribution in [3.8, 4) is 0 Å². The SMILES string of the molecule is CC1(CNC(=O)c2ccc(F)c(F)c2)CCNCC1. The highest BCUT2D eigenvalue weighted by Gasteiger charge is 2.27. The van der Waals surface area contributed by atoms with Crippen LogP contribution in [0.15, 0.2) is 18.2 Å². The summed E-state index contributed by atoms with van der Waals surface area (Å²) < 4.78 is 25.8. The molecule has 2 rings (SSSR count). The molecule has 0 saturated carbocycles. The molecule has 0 aliphatic carbocycles. The first-order valence-electron chi connectivity index (χ1n) is 6.44. The summed E-state index contributed by atoms with van der Waals surface area (Å²) in [7, 11) is 0. The number of benzene rings is 1. The van der Waals surface area contributed by atoms with E-state index in [-0.39, 0.29) is 16.9 Å². The summed E-state index contributed by atoms with van der Waals surface area (Å²) in [6, 6.07) is 3.18. The van der Waals surface area contributed by atoms with Gasteiger partial charge in [0.05, 0.1) is 0 Å². The minimum atomic E-state index is -0.999. The van der Waals surface area contributed by atoms with E-state index in [1.807, 2.05) is 0 Å². The van der Waals surface area contributed by atoms with Gasteiger partial charge in [0.25, 0.3) is 5.91 Å². The molecule has 1 aromatic carbocycles. The molecular formula is C14H18F2N2O. The van der Waals surface area contributed by atoms with Crippen molar-refractivity contribution in [3.05, 3.63) is 35.4 Å². The van der Waals surface area contributed by atoms with Gasteiger partial charge in [0.2, 0.25) is 0 Å². The summed E-state index contributed by atoms with van der Waals surface area (Å²) in [5, 5.41) is 6.07. The minimum absolute atomic E-state index is 0.0689. The Kier molecular flexibility index (Phi) is 4.14. The van der Waals surface area contributed by atoms with Crippen molar-refractivity contribution in [3.63, 3.8) is 0 Å². The van der Waals surface area contributed by atoms with E-state index < -0.39 is 11.6 Å². The number of carbonyl (C=O) groups excluding carboxylic acids is 1. The minimum Gasteiger partial charge on any atom is -0.351 e. The first-order chi connectivity index (χ1) is 9.00. The second-order valence-corrected chi connectivity index (χ2v) is 5.37. The number of hydrogen-bond donors (Lipinski definition) is 2. The first kappa shape index (κ1) is 13.9. The van der Waals surface area contributed by atoms with Crippen LogP contribution in [0.5, 0.6) is 0 Å². The van der Waals surface area contributed by atoms with Crippen molar-refractivity contribution in [1.82, 2.24) is 10.6 Å². The Hall–Kier alpha value is -1.49. The lowest BCUT2D eigenvalue weighted by atomic mass is 9.81. The zero-order valence-electron chi connectivity index (χ0n) is 10.9. The van der Waals surface area contributed by atoms with Crippen LogP contribution in [0.3, 0.4) is 0 Å². The number of nitrogens with one attached hydrogen (secondary N) is 2. The maximum atomic E-state index is 13.0. The summed E-state index contributed by atoms with van der Waals surface area (Å²) in [5.41, 5.74) is 0.218. The third-order valence-electron chi connectivity index (χ3n) is 3.67. The largest absolute Gasteiger partial charge is 0.351 e. The summed E-state index contributed by atoms with van der Waals surface area (Å²) >= 11 is 0. The van der Waals surface area contributed by atoms with E-state index >= 15 is 0 Å². The highest BCUT2D eigenvalue weighted by atomic mass is 19.2. The summed E-state index contributed by atoms with van der Waals surface area (Å²) in [6.07, 6.45) is 1.98. The number of piperidine rings is 1. The third-order valence-corrected chi connectivity index (χ3v) is 3.67. The van der Waals surface area contributed by atoms with Crippen molar-refractivity contribution in [2.75, 3.05) is 19.6 Å². The Morgan fingerprint density at radius 1 is 1.32 bits per heavy atom. The Morgan fingerprint density at radius 3 is 2.63 bits per heavy atom. The van der Waals surface area contributed by atoms with Crippen LogP contribution in [-0.4, -0.2) is 25.5 Å². The third kappa shape index (κ3) is 3.50. The predicted molar refractivity (Wildman–Crippen MR) is 68.9 cm³/mol. The Labute approximate surface area is 111 Å². The summed E-state index contributed by atoms with van der Waals surface area (Å²) in [4.78, 5) is 11.9. The molecule has 5 heteroatoms. The van der Waals surface area contributed by atoms with Crippen molar-refractivity contribution < 1.29 is 13.6 Å². The topological polar surface area (TPSA) is 41.1 Å². The number of rotatable bonds is 3. The van der Waals surface area contributed by atoms with E-state index in [9.17, 15) is 13.6 Å². The van der Waals surface area contributed by atoms with Crippen molar-refractivity contribution >= 4 is 5.91 Å². The van der Waals surface area contributed by atoms with E-state index in [1.165, 1.54) is 6.07 Å². The van der Waals surface area contributed by atoms with Crippen molar-refractivity contribution in [1.29, 1.82) is 0 Å². The number of halogens is 2. The molecule has 0 aromatic heterocycles. The summed E-state index contributed by atoms with van der Waals surface area (Å²) in [5.74, 6) is -2.30. The van der Waals surface area contributed by atoms with E-state index in [0.717, 1.165) is 38.1 Å². The van der Waals surface area contributed by atoms with Gasteiger partial charge in [-0.25, -0.2) is 8.78 Å². The van der Waals surface area contributed by atoms with Gasteiger partial charge in [0.15, 0.2) is 11.6 Å². The Bertz CT molecular complexity index is 471. The quantitative estimate of drug-likeness (QED) is 0.881. The fourth-order valence-corrected chi connectivity index (χ4v) is 2.24. The fraction of sp³-hybridized carbons (Fsp3) is 0.500. The summed E-state index contributed by atoms with van der Waals surface area (Å²) in [6.45, 7) is 4.56. The number of hydrogen-bond acceptors (Lipinski definition) is 2. The van der Waals surface area contributed by atoms with Crippen LogP contribution in [0, 0.1) is 17.0 Å². The van der Waals surface area contributed by atoms with E-state index in [4.69, 9.17) is 0 Å². The normalized spacial score (nSPS) is 18.1. The van der Waals surface area contributed by atoms with E-state index in [2.05, 4.69) is 17.6 Å². The molecule has 0 radical (unpaired) electrons. The van der Waals surface area contributed by atoms with Crippen LogP contribution in [0.1, 0.15) is 30.1 Å². The molecule has 1 amide bonds. The molecular weight excluding hydrogens is 250 g/mol. The molecule has 0 spiro atoms. The van der Waals surface area contributed by atoms with Gasteiger partial charge < -0.3 is 10.6 Å². The van der Waals surface area contributed by atoms with Gasteiger partial charge in [-0.2, -0.15) is 0 Å². The molecule has 0 unspecified atom stereocenters. The molecule has 1 heterocycles. The van der Waals surface area contributed by atoms with Crippen LogP contribution in [0.4, 0.5) is 8.78 Å². The van der Waals surface area contributed by atoms with Crippen LogP contribution >= 0.6 is 0 Å². The van der Waals surface area contributed by atoms with Gasteiger partial charge >= 0.3 is 0 Å². The first-order valence-corrected chi connectivity index (χ1v) is 6.44. The maximum absolute atomic E-state index is 13.0. The van der Waals surface area contributed by atoms with Gasteiger partial charge in [-0.3, -0.25) is 4.79 Å². The Morgan fingerprint density at radius 2 is 2.00 bits per heavy atom. The fourth-order valence-electron chi connectivity index (χ4n) is 2.24. The average Bonchev–Trinajstić information content (AvgIpc) is 2.40. The molecule has 104 valence electrons. The van der Waals surface area contributed by atoms with Crippen LogP contribution in [0.2, 0.25) is 0 Å². The van der Waals surface area contributed by atoms with Gasteiger partial charge in [0.1, 0.15) is 0 Å². The molecule has 0 bridgehead atoms. The van der Waals surface area contributed by atoms with Crippen LogP contribution in [0.25, 0.3) is 0 Å². The van der Waals surface area contributed by atoms with Gasteiger partial charge in [-0.15, -0.1) is 0 Å². The van der Waals surface area contributed by atoms with Gasteiger partial charge in [-0.1, -0.05) is 6.92 Å². The molecule has 1 aromatic rings. The van der Waals surface area contributed by atoms with Crippen molar-refractivity contribution in [2.45, 2.75) is 19.8 Å².